The van der Waals surface area contributed by atoms with Gasteiger partial charge in [0.15, 0.2) is 0 Å². The van der Waals surface area contributed by atoms with Gasteiger partial charge in [-0.2, -0.15) is 0 Å². The van der Waals surface area contributed by atoms with Crippen molar-refractivity contribution in [2.75, 3.05) is 25.0 Å². The number of halogens is 1. The third kappa shape index (κ3) is 3.09. The van der Waals surface area contributed by atoms with E-state index in [2.05, 4.69) is 45.5 Å². The van der Waals surface area contributed by atoms with E-state index in [0.717, 1.165) is 44.6 Å². The summed E-state index contributed by atoms with van der Waals surface area (Å²) < 4.78 is 8.51. The number of anilines is 1. The standard InChI is InChI=1S/C21H25ClN4O2/c1-25-8-2-3-16(25)12-26-9-6-20(7-10-26)13-21(14-28-20)23-18-5-4-15(22)11-17(18)19(27)24-21/h2-5,8,11,23H,6-7,9-10,12-14H2,1H3,(H,24,27). The van der Waals surface area contributed by atoms with Gasteiger partial charge >= 0.3 is 0 Å². The van der Waals surface area contributed by atoms with Crippen LogP contribution in [0, 0.1) is 0 Å². The summed E-state index contributed by atoms with van der Waals surface area (Å²) in [6.07, 6.45) is 4.83. The van der Waals surface area contributed by atoms with Gasteiger partial charge in [0.2, 0.25) is 0 Å². The number of likely N-dealkylation sites (tertiary alicyclic amines) is 1. The summed E-state index contributed by atoms with van der Waals surface area (Å²) in [4.78, 5) is 15.1. The predicted octanol–water partition coefficient (Wildman–Crippen LogP) is 2.99. The van der Waals surface area contributed by atoms with Gasteiger partial charge in [-0.1, -0.05) is 11.6 Å². The number of rotatable bonds is 2. The van der Waals surface area contributed by atoms with Gasteiger partial charge in [0.05, 0.1) is 17.8 Å². The van der Waals surface area contributed by atoms with E-state index in [-0.39, 0.29) is 11.5 Å². The highest BCUT2D eigenvalue weighted by Crippen LogP contribution is 2.43. The molecule has 1 amide bonds. The molecule has 0 saturated carbocycles. The van der Waals surface area contributed by atoms with Crippen molar-refractivity contribution < 1.29 is 9.53 Å². The van der Waals surface area contributed by atoms with E-state index in [1.165, 1.54) is 5.69 Å². The molecule has 2 aromatic rings. The zero-order valence-corrected chi connectivity index (χ0v) is 16.8. The van der Waals surface area contributed by atoms with Crippen LogP contribution >= 0.6 is 11.6 Å². The largest absolute Gasteiger partial charge is 0.370 e. The van der Waals surface area contributed by atoms with Gasteiger partial charge in [-0.15, -0.1) is 0 Å². The minimum atomic E-state index is -0.530. The van der Waals surface area contributed by atoms with Crippen LogP contribution in [0.1, 0.15) is 35.3 Å². The molecule has 0 bridgehead atoms. The Morgan fingerprint density at radius 3 is 2.79 bits per heavy atom. The number of ether oxygens (including phenoxy) is 1. The number of aromatic nitrogens is 1. The van der Waals surface area contributed by atoms with E-state index in [1.807, 2.05) is 12.1 Å². The van der Waals surface area contributed by atoms with Crippen LogP contribution < -0.4 is 10.6 Å². The summed E-state index contributed by atoms with van der Waals surface area (Å²) in [5.74, 6) is -0.0851. The summed E-state index contributed by atoms with van der Waals surface area (Å²) >= 11 is 6.05. The number of piperidine rings is 1. The van der Waals surface area contributed by atoms with Gasteiger partial charge < -0.3 is 19.9 Å². The van der Waals surface area contributed by atoms with Gasteiger partial charge in [-0.05, 0) is 43.2 Å². The zero-order chi connectivity index (χ0) is 19.4. The van der Waals surface area contributed by atoms with E-state index in [0.29, 0.717) is 17.2 Å². The Bertz CT molecular complexity index is 919. The van der Waals surface area contributed by atoms with Crippen LogP contribution in [-0.4, -0.2) is 46.3 Å². The van der Waals surface area contributed by atoms with E-state index in [9.17, 15) is 4.79 Å². The van der Waals surface area contributed by atoms with E-state index in [4.69, 9.17) is 16.3 Å². The maximum atomic E-state index is 12.7. The maximum absolute atomic E-state index is 12.7. The second-order valence-corrected chi connectivity index (χ2v) is 8.82. The van der Waals surface area contributed by atoms with Crippen molar-refractivity contribution in [1.82, 2.24) is 14.8 Å². The summed E-state index contributed by atoms with van der Waals surface area (Å²) in [6, 6.07) is 9.67. The first-order valence-electron chi connectivity index (χ1n) is 9.83. The predicted molar refractivity (Wildman–Crippen MR) is 108 cm³/mol. The van der Waals surface area contributed by atoms with Crippen molar-refractivity contribution in [3.63, 3.8) is 0 Å². The van der Waals surface area contributed by atoms with Gasteiger partial charge in [0.25, 0.3) is 5.91 Å². The molecule has 1 atom stereocenters. The fourth-order valence-electron chi connectivity index (χ4n) is 4.81. The fraction of sp³-hybridized carbons (Fsp3) is 0.476. The number of amides is 1. The molecular formula is C21H25ClN4O2. The maximum Gasteiger partial charge on any atom is 0.255 e. The SMILES string of the molecule is Cn1cccc1CN1CCC2(CC1)CC1(CO2)NC(=O)c2cc(Cl)ccc2N1. The molecule has 3 aliphatic heterocycles. The van der Waals surface area contributed by atoms with Crippen LogP contribution in [0.25, 0.3) is 0 Å². The molecule has 4 heterocycles. The number of nitrogens with zero attached hydrogens (tertiary/aromatic N) is 2. The third-order valence-electron chi connectivity index (χ3n) is 6.41. The van der Waals surface area contributed by atoms with Crippen molar-refractivity contribution >= 4 is 23.2 Å². The Kier molecular flexibility index (Phi) is 4.19. The topological polar surface area (TPSA) is 58.5 Å². The Hall–Kier alpha value is -2.02. The third-order valence-corrected chi connectivity index (χ3v) is 6.64. The molecule has 2 fully saturated rings. The molecule has 2 spiro atoms. The minimum absolute atomic E-state index is 0.0851. The molecule has 1 aromatic heterocycles. The molecule has 0 radical (unpaired) electrons. The fourth-order valence-corrected chi connectivity index (χ4v) is 4.98. The van der Waals surface area contributed by atoms with E-state index < -0.39 is 5.66 Å². The lowest BCUT2D eigenvalue weighted by Gasteiger charge is -2.41. The molecule has 148 valence electrons. The highest BCUT2D eigenvalue weighted by Gasteiger charge is 2.53. The molecule has 5 rings (SSSR count). The molecule has 2 N–H and O–H groups in total. The van der Waals surface area contributed by atoms with Gasteiger partial charge in [-0.3, -0.25) is 9.69 Å². The van der Waals surface area contributed by atoms with Crippen molar-refractivity contribution in [2.24, 2.45) is 7.05 Å². The van der Waals surface area contributed by atoms with Crippen LogP contribution in [0.3, 0.4) is 0 Å². The molecule has 28 heavy (non-hydrogen) atoms. The monoisotopic (exact) mass is 400 g/mol. The van der Waals surface area contributed by atoms with Crippen LogP contribution in [0.4, 0.5) is 5.69 Å². The molecule has 2 saturated heterocycles. The Morgan fingerprint density at radius 1 is 1.21 bits per heavy atom. The molecule has 3 aliphatic rings. The van der Waals surface area contributed by atoms with Crippen LogP contribution in [0.15, 0.2) is 36.5 Å². The lowest BCUT2D eigenvalue weighted by molar-refractivity contribution is -0.0455. The van der Waals surface area contributed by atoms with Crippen molar-refractivity contribution in [1.29, 1.82) is 0 Å². The summed E-state index contributed by atoms with van der Waals surface area (Å²) in [7, 11) is 2.09. The number of carbonyl (C=O) groups excluding carboxylic acids is 1. The molecule has 7 heteroatoms. The minimum Gasteiger partial charge on any atom is -0.370 e. The first-order valence-corrected chi connectivity index (χ1v) is 10.2. The highest BCUT2D eigenvalue weighted by atomic mass is 35.5. The second-order valence-electron chi connectivity index (χ2n) is 8.39. The first kappa shape index (κ1) is 18.0. The van der Waals surface area contributed by atoms with Crippen molar-refractivity contribution in [2.45, 2.75) is 37.1 Å². The highest BCUT2D eigenvalue weighted by molar-refractivity contribution is 6.31. The average molecular weight is 401 g/mol. The number of carbonyl (C=O) groups is 1. The van der Waals surface area contributed by atoms with Gasteiger partial charge in [0.1, 0.15) is 5.66 Å². The average Bonchev–Trinajstić information content (AvgIpc) is 3.22. The number of aryl methyl sites for hydroxylation is 1. The van der Waals surface area contributed by atoms with Gasteiger partial charge in [-0.25, -0.2) is 0 Å². The number of fused-ring (bicyclic) bond motifs is 1. The molecular weight excluding hydrogens is 376 g/mol. The Balaban J connectivity index is 1.27. The number of benzene rings is 1. The molecule has 1 aromatic carbocycles. The van der Waals surface area contributed by atoms with Crippen LogP contribution in [0.2, 0.25) is 5.02 Å². The Labute approximate surface area is 169 Å². The molecule has 0 aliphatic carbocycles. The van der Waals surface area contributed by atoms with Crippen molar-refractivity contribution in [3.8, 4) is 0 Å². The van der Waals surface area contributed by atoms with E-state index >= 15 is 0 Å². The number of hydrogen-bond donors (Lipinski definition) is 2. The lowest BCUT2D eigenvalue weighted by Crippen LogP contribution is -2.59. The summed E-state index contributed by atoms with van der Waals surface area (Å²) in [6.45, 7) is 3.45. The Morgan fingerprint density at radius 2 is 2.04 bits per heavy atom. The number of hydrogen-bond acceptors (Lipinski definition) is 4. The first-order chi connectivity index (χ1) is 13.5. The van der Waals surface area contributed by atoms with Gasteiger partial charge in [0, 0.05) is 55.7 Å². The smallest absolute Gasteiger partial charge is 0.255 e. The number of nitrogens with one attached hydrogen (secondary N) is 2. The molecule has 6 nitrogen and oxygen atoms in total. The summed E-state index contributed by atoms with van der Waals surface area (Å²) in [5.41, 5.74) is 2.05. The van der Waals surface area contributed by atoms with Crippen LogP contribution in [-0.2, 0) is 18.3 Å². The van der Waals surface area contributed by atoms with Crippen molar-refractivity contribution in [3.05, 3.63) is 52.8 Å². The van der Waals surface area contributed by atoms with E-state index in [1.54, 1.807) is 6.07 Å². The lowest BCUT2D eigenvalue weighted by atomic mass is 9.84. The van der Waals surface area contributed by atoms with Crippen LogP contribution in [0.5, 0.6) is 0 Å². The normalized spacial score (nSPS) is 26.3. The second kappa shape index (κ2) is 6.51. The summed E-state index contributed by atoms with van der Waals surface area (Å²) in [5, 5.41) is 7.24. The molecule has 1 unspecified atom stereocenters. The quantitative estimate of drug-likeness (QED) is 0.813. The zero-order valence-electron chi connectivity index (χ0n) is 16.0.